The molecule has 0 bridgehead atoms. The molecule has 6 heteroatoms. The highest BCUT2D eigenvalue weighted by molar-refractivity contribution is 5.48. The summed E-state index contributed by atoms with van der Waals surface area (Å²) in [6.45, 7) is 5.82. The fourth-order valence-corrected chi connectivity index (χ4v) is 3.69. The van der Waals surface area contributed by atoms with E-state index in [1.54, 1.807) is 7.11 Å². The lowest BCUT2D eigenvalue weighted by Gasteiger charge is -2.25. The Bertz CT molecular complexity index is 756. The summed E-state index contributed by atoms with van der Waals surface area (Å²) < 4.78 is 13.7. The van der Waals surface area contributed by atoms with Gasteiger partial charge in [0.05, 0.1) is 7.11 Å². The van der Waals surface area contributed by atoms with Gasteiger partial charge in [-0.05, 0) is 32.4 Å². The Balaban J connectivity index is 1.47. The third-order valence-electron chi connectivity index (χ3n) is 5.01. The molecule has 128 valence electrons. The van der Waals surface area contributed by atoms with E-state index in [4.69, 9.17) is 9.47 Å². The first-order valence-corrected chi connectivity index (χ1v) is 8.62. The number of benzene rings is 1. The summed E-state index contributed by atoms with van der Waals surface area (Å²) in [5.41, 5.74) is 2.39. The summed E-state index contributed by atoms with van der Waals surface area (Å²) in [6, 6.07) is 4.67. The lowest BCUT2D eigenvalue weighted by atomic mass is 10.0. The van der Waals surface area contributed by atoms with Crippen molar-refractivity contribution in [1.29, 1.82) is 0 Å². The lowest BCUT2D eigenvalue weighted by Crippen LogP contribution is -2.37. The first-order chi connectivity index (χ1) is 11.6. The van der Waals surface area contributed by atoms with Gasteiger partial charge in [0.2, 0.25) is 0 Å². The van der Waals surface area contributed by atoms with Gasteiger partial charge in [-0.1, -0.05) is 0 Å². The highest BCUT2D eigenvalue weighted by atomic mass is 16.5. The summed E-state index contributed by atoms with van der Waals surface area (Å²) >= 11 is 0. The number of aryl methyl sites for hydroxylation is 2. The Hall–Kier alpha value is -2.08. The molecule has 24 heavy (non-hydrogen) atoms. The van der Waals surface area contributed by atoms with Crippen LogP contribution in [0, 0.1) is 6.92 Å². The zero-order valence-corrected chi connectivity index (χ0v) is 14.5. The number of rotatable bonds is 4. The second-order valence-corrected chi connectivity index (χ2v) is 6.79. The molecule has 3 heterocycles. The fraction of sp³-hybridized carbons (Fsp3) is 0.556. The van der Waals surface area contributed by atoms with E-state index in [-0.39, 0.29) is 6.10 Å². The van der Waals surface area contributed by atoms with Gasteiger partial charge in [0.1, 0.15) is 29.3 Å². The molecule has 2 aliphatic rings. The summed E-state index contributed by atoms with van der Waals surface area (Å²) in [4.78, 5) is 0. The Kier molecular flexibility index (Phi) is 3.92. The molecule has 0 unspecified atom stereocenters. The number of aromatic nitrogens is 3. The maximum atomic E-state index is 5.89. The molecule has 2 aliphatic heterocycles. The van der Waals surface area contributed by atoms with Crippen molar-refractivity contribution in [3.63, 3.8) is 0 Å². The van der Waals surface area contributed by atoms with Crippen molar-refractivity contribution in [2.24, 2.45) is 0 Å². The number of hydrogen-bond donors (Lipinski definition) is 1. The van der Waals surface area contributed by atoms with Crippen LogP contribution in [0.5, 0.6) is 11.5 Å². The van der Waals surface area contributed by atoms with E-state index >= 15 is 0 Å². The van der Waals surface area contributed by atoms with Crippen molar-refractivity contribution in [2.45, 2.75) is 58.3 Å². The predicted molar refractivity (Wildman–Crippen MR) is 90.5 cm³/mol. The molecule has 4 rings (SSSR count). The number of nitrogens with zero attached hydrogens (tertiary/aromatic N) is 3. The van der Waals surface area contributed by atoms with E-state index in [0.29, 0.717) is 6.04 Å². The molecule has 0 aliphatic carbocycles. The molecule has 2 atom stereocenters. The fourth-order valence-electron chi connectivity index (χ4n) is 3.69. The molecule has 2 aromatic rings. The van der Waals surface area contributed by atoms with Crippen LogP contribution >= 0.6 is 0 Å². The monoisotopic (exact) mass is 328 g/mol. The van der Waals surface area contributed by atoms with Crippen molar-refractivity contribution in [2.75, 3.05) is 7.11 Å². The van der Waals surface area contributed by atoms with Gasteiger partial charge >= 0.3 is 0 Å². The molecular formula is C18H24N4O2. The van der Waals surface area contributed by atoms with Crippen LogP contribution in [-0.4, -0.2) is 34.0 Å². The molecule has 6 nitrogen and oxygen atoms in total. The van der Waals surface area contributed by atoms with Crippen LogP contribution in [0.3, 0.4) is 0 Å². The minimum absolute atomic E-state index is 0.251. The second-order valence-electron chi connectivity index (χ2n) is 6.79. The Morgan fingerprint density at radius 2 is 2.25 bits per heavy atom. The van der Waals surface area contributed by atoms with Gasteiger partial charge in [0, 0.05) is 43.1 Å². The van der Waals surface area contributed by atoms with Gasteiger partial charge in [0.15, 0.2) is 0 Å². The molecule has 0 amide bonds. The SMILES string of the molecule is COc1cc2c(cc1CN[C@@H]1CCc3nnc(C)n3C1)O[C@H](C)C2. The molecule has 1 N–H and O–H groups in total. The van der Waals surface area contributed by atoms with Crippen LogP contribution in [0.4, 0.5) is 0 Å². The third-order valence-corrected chi connectivity index (χ3v) is 5.01. The van der Waals surface area contributed by atoms with Gasteiger partial charge in [-0.2, -0.15) is 0 Å². The van der Waals surface area contributed by atoms with Crippen LogP contribution in [0.2, 0.25) is 0 Å². The maximum Gasteiger partial charge on any atom is 0.133 e. The summed E-state index contributed by atoms with van der Waals surface area (Å²) in [5, 5.41) is 12.1. The lowest BCUT2D eigenvalue weighted by molar-refractivity contribution is 0.254. The van der Waals surface area contributed by atoms with Crippen molar-refractivity contribution in [3.8, 4) is 11.5 Å². The van der Waals surface area contributed by atoms with E-state index in [1.807, 2.05) is 6.92 Å². The van der Waals surface area contributed by atoms with Crippen molar-refractivity contribution >= 4 is 0 Å². The second kappa shape index (κ2) is 6.09. The standard InChI is InChI=1S/C18H24N4O2/c1-11-6-13-7-16(23-3)14(8-17(13)24-11)9-19-15-4-5-18-21-20-12(2)22(18)10-15/h7-8,11,15,19H,4-6,9-10H2,1-3H3/t11-,15-/m1/s1. The van der Waals surface area contributed by atoms with Crippen molar-refractivity contribution < 1.29 is 9.47 Å². The van der Waals surface area contributed by atoms with E-state index in [1.165, 1.54) is 5.56 Å². The van der Waals surface area contributed by atoms with Gasteiger partial charge in [0.25, 0.3) is 0 Å². The zero-order chi connectivity index (χ0) is 16.7. The first-order valence-electron chi connectivity index (χ1n) is 8.62. The Morgan fingerprint density at radius 1 is 1.38 bits per heavy atom. The average Bonchev–Trinajstić information content (AvgIpc) is 3.13. The smallest absolute Gasteiger partial charge is 0.133 e. The number of methoxy groups -OCH3 is 1. The van der Waals surface area contributed by atoms with Crippen LogP contribution in [0.25, 0.3) is 0 Å². The minimum atomic E-state index is 0.251. The summed E-state index contributed by atoms with van der Waals surface area (Å²) in [5.74, 6) is 4.04. The molecule has 0 saturated carbocycles. The summed E-state index contributed by atoms with van der Waals surface area (Å²) in [7, 11) is 1.73. The van der Waals surface area contributed by atoms with Gasteiger partial charge in [-0.25, -0.2) is 0 Å². The predicted octanol–water partition coefficient (Wildman–Crippen LogP) is 2.02. The molecule has 1 aromatic carbocycles. The Morgan fingerprint density at radius 3 is 3.08 bits per heavy atom. The molecule has 0 radical (unpaired) electrons. The van der Waals surface area contributed by atoms with Crippen LogP contribution < -0.4 is 14.8 Å². The normalized spacial score (nSPS) is 22.0. The average molecular weight is 328 g/mol. The van der Waals surface area contributed by atoms with E-state index < -0.39 is 0 Å². The zero-order valence-electron chi connectivity index (χ0n) is 14.5. The summed E-state index contributed by atoms with van der Waals surface area (Å²) in [6.07, 6.45) is 3.26. The van der Waals surface area contributed by atoms with Crippen LogP contribution in [0.1, 0.15) is 36.1 Å². The third kappa shape index (κ3) is 2.75. The number of hydrogen-bond acceptors (Lipinski definition) is 5. The van der Waals surface area contributed by atoms with Crippen LogP contribution in [-0.2, 0) is 25.9 Å². The molecular weight excluding hydrogens is 304 g/mol. The van der Waals surface area contributed by atoms with Gasteiger partial charge < -0.3 is 19.4 Å². The van der Waals surface area contributed by atoms with Crippen molar-refractivity contribution in [3.05, 3.63) is 34.9 Å². The minimum Gasteiger partial charge on any atom is -0.496 e. The largest absolute Gasteiger partial charge is 0.496 e. The van der Waals surface area contributed by atoms with Gasteiger partial charge in [-0.3, -0.25) is 0 Å². The number of nitrogens with one attached hydrogen (secondary N) is 1. The highest BCUT2D eigenvalue weighted by Crippen LogP contribution is 2.35. The topological polar surface area (TPSA) is 61.2 Å². The van der Waals surface area contributed by atoms with E-state index in [2.05, 4.69) is 39.1 Å². The van der Waals surface area contributed by atoms with E-state index in [0.717, 1.165) is 61.1 Å². The molecule has 0 fully saturated rings. The number of ether oxygens (including phenoxy) is 2. The first kappa shape index (κ1) is 15.4. The maximum absolute atomic E-state index is 5.89. The molecule has 0 saturated heterocycles. The highest BCUT2D eigenvalue weighted by Gasteiger charge is 2.24. The number of fused-ring (bicyclic) bond motifs is 2. The molecule has 0 spiro atoms. The van der Waals surface area contributed by atoms with Gasteiger partial charge in [-0.15, -0.1) is 10.2 Å². The van der Waals surface area contributed by atoms with Crippen LogP contribution in [0.15, 0.2) is 12.1 Å². The van der Waals surface area contributed by atoms with Crippen molar-refractivity contribution in [1.82, 2.24) is 20.1 Å². The Labute approximate surface area is 142 Å². The molecule has 1 aromatic heterocycles. The van der Waals surface area contributed by atoms with E-state index in [9.17, 15) is 0 Å². The quantitative estimate of drug-likeness (QED) is 0.930.